The molecular weight excluding hydrogens is 394 g/mol. The lowest BCUT2D eigenvalue weighted by molar-refractivity contribution is -0.200. The van der Waals surface area contributed by atoms with E-state index >= 15 is 0 Å². The molecule has 5 aliphatic rings. The molecule has 0 aromatic rings. The Morgan fingerprint density at radius 3 is 2.71 bits per heavy atom. The summed E-state index contributed by atoms with van der Waals surface area (Å²) in [5.74, 6) is 1.34. The molecule has 7 nitrogen and oxygen atoms in total. The van der Waals surface area contributed by atoms with Crippen molar-refractivity contribution in [3.05, 3.63) is 11.6 Å². The van der Waals surface area contributed by atoms with Crippen molar-refractivity contribution < 1.29 is 19.4 Å². The van der Waals surface area contributed by atoms with Crippen molar-refractivity contribution in [3.63, 3.8) is 0 Å². The molecule has 2 amide bonds. The van der Waals surface area contributed by atoms with Crippen LogP contribution in [0.4, 0.5) is 4.79 Å². The van der Waals surface area contributed by atoms with Crippen LogP contribution in [0.3, 0.4) is 0 Å². The number of primary amides is 1. The molecule has 4 N–H and O–H groups in total. The predicted octanol–water partition coefficient (Wildman–Crippen LogP) is 3.27. The fraction of sp³-hybridized carbons (Fsp3) is 0.792. The Morgan fingerprint density at radius 1 is 1.19 bits per heavy atom. The minimum atomic E-state index is -0.678. The van der Waals surface area contributed by atoms with Gasteiger partial charge in [-0.05, 0) is 92.4 Å². The maximum absolute atomic E-state index is 12.2. The van der Waals surface area contributed by atoms with Crippen LogP contribution in [-0.2, 0) is 9.53 Å². The molecule has 0 bridgehead atoms. The van der Waals surface area contributed by atoms with Crippen LogP contribution in [0.2, 0.25) is 0 Å². The summed E-state index contributed by atoms with van der Waals surface area (Å²) >= 11 is 0. The van der Waals surface area contributed by atoms with Gasteiger partial charge in [0.25, 0.3) is 0 Å². The molecule has 4 fully saturated rings. The number of fused-ring (bicyclic) bond motifs is 5. The number of nitrogens with zero attached hydrogens (tertiary/aromatic N) is 1. The average Bonchev–Trinajstić information content (AvgIpc) is 3.26. The van der Waals surface area contributed by atoms with Gasteiger partial charge in [0.2, 0.25) is 0 Å². The fourth-order valence-electron chi connectivity index (χ4n) is 8.45. The van der Waals surface area contributed by atoms with Crippen molar-refractivity contribution in [2.45, 2.75) is 77.2 Å². The van der Waals surface area contributed by atoms with E-state index in [-0.39, 0.29) is 22.7 Å². The van der Waals surface area contributed by atoms with Gasteiger partial charge in [0, 0.05) is 17.2 Å². The quantitative estimate of drug-likeness (QED) is 0.462. The molecule has 0 radical (unpaired) electrons. The summed E-state index contributed by atoms with van der Waals surface area (Å²) in [4.78, 5) is 22.7. The monoisotopic (exact) mass is 429 g/mol. The second kappa shape index (κ2) is 7.06. The third-order valence-corrected chi connectivity index (χ3v) is 10.1. The molecule has 0 aromatic carbocycles. The molecule has 1 heterocycles. The highest BCUT2D eigenvalue weighted by Gasteiger charge is 2.67. The number of urea groups is 1. The fourth-order valence-corrected chi connectivity index (χ4v) is 8.45. The third kappa shape index (κ3) is 2.99. The Hall–Kier alpha value is -1.89. The van der Waals surface area contributed by atoms with E-state index in [0.29, 0.717) is 24.4 Å². The molecule has 31 heavy (non-hydrogen) atoms. The van der Waals surface area contributed by atoms with Crippen LogP contribution in [0.1, 0.15) is 71.6 Å². The van der Waals surface area contributed by atoms with Crippen LogP contribution in [0.15, 0.2) is 16.8 Å². The smallest absolute Gasteiger partial charge is 0.332 e. The van der Waals surface area contributed by atoms with Gasteiger partial charge in [-0.1, -0.05) is 13.8 Å². The zero-order valence-corrected chi connectivity index (χ0v) is 18.7. The van der Waals surface area contributed by atoms with E-state index in [1.165, 1.54) is 0 Å². The van der Waals surface area contributed by atoms with Gasteiger partial charge in [-0.15, -0.1) is 0 Å². The minimum absolute atomic E-state index is 0.190. The number of rotatable bonds is 2. The maximum atomic E-state index is 12.2. The number of nitrogens with two attached hydrogens (primary N) is 1. The van der Waals surface area contributed by atoms with Gasteiger partial charge in [0.05, 0.1) is 5.60 Å². The average molecular weight is 430 g/mol. The minimum Gasteiger partial charge on any atom is -0.458 e. The Bertz CT molecular complexity index is 869. The number of hydrazone groups is 1. The molecule has 0 unspecified atom stereocenters. The first-order valence-corrected chi connectivity index (χ1v) is 11.9. The van der Waals surface area contributed by atoms with E-state index in [1.54, 1.807) is 6.08 Å². The van der Waals surface area contributed by atoms with Crippen LogP contribution in [-0.4, -0.2) is 35.0 Å². The van der Waals surface area contributed by atoms with Crippen molar-refractivity contribution in [3.8, 4) is 0 Å². The van der Waals surface area contributed by atoms with Crippen LogP contribution in [0.25, 0.3) is 0 Å². The number of cyclic esters (lactones) is 1. The summed E-state index contributed by atoms with van der Waals surface area (Å²) < 4.78 is 5.22. The zero-order valence-electron chi connectivity index (χ0n) is 18.7. The first-order valence-electron chi connectivity index (χ1n) is 11.9. The highest BCUT2D eigenvalue weighted by atomic mass is 16.5. The summed E-state index contributed by atoms with van der Waals surface area (Å²) in [7, 11) is 0. The molecule has 0 saturated heterocycles. The number of nitrogens with one attached hydrogen (secondary N) is 1. The van der Waals surface area contributed by atoms with Crippen molar-refractivity contribution in [1.29, 1.82) is 0 Å². The van der Waals surface area contributed by atoms with E-state index < -0.39 is 11.6 Å². The van der Waals surface area contributed by atoms with Crippen molar-refractivity contribution >= 4 is 17.7 Å². The van der Waals surface area contributed by atoms with Gasteiger partial charge in [-0.25, -0.2) is 15.0 Å². The van der Waals surface area contributed by atoms with E-state index in [4.69, 9.17) is 10.5 Å². The van der Waals surface area contributed by atoms with E-state index in [0.717, 1.165) is 69.1 Å². The number of ether oxygens (including phenoxy) is 1. The molecule has 4 saturated carbocycles. The summed E-state index contributed by atoms with van der Waals surface area (Å²) in [6.45, 7) is 5.09. The van der Waals surface area contributed by atoms with Crippen LogP contribution < -0.4 is 11.2 Å². The highest BCUT2D eigenvalue weighted by molar-refractivity contribution is 5.87. The van der Waals surface area contributed by atoms with Crippen LogP contribution >= 0.6 is 0 Å². The first-order chi connectivity index (χ1) is 14.7. The summed E-state index contributed by atoms with van der Waals surface area (Å²) in [5.41, 5.74) is 9.03. The lowest BCUT2D eigenvalue weighted by atomic mass is 9.43. The number of amides is 2. The topological polar surface area (TPSA) is 114 Å². The van der Waals surface area contributed by atoms with Gasteiger partial charge < -0.3 is 15.6 Å². The number of carbonyl (C=O) groups is 2. The molecule has 7 heteroatoms. The van der Waals surface area contributed by atoms with Crippen molar-refractivity contribution in [2.75, 3.05) is 6.61 Å². The summed E-state index contributed by atoms with van der Waals surface area (Å²) in [6.07, 6.45) is 10.5. The van der Waals surface area contributed by atoms with Gasteiger partial charge in [-0.2, -0.15) is 5.10 Å². The van der Waals surface area contributed by atoms with Crippen molar-refractivity contribution in [1.82, 2.24) is 5.43 Å². The zero-order chi connectivity index (χ0) is 22.0. The van der Waals surface area contributed by atoms with Crippen LogP contribution in [0.5, 0.6) is 0 Å². The molecule has 170 valence electrons. The maximum Gasteiger partial charge on any atom is 0.332 e. The lowest BCUT2D eigenvalue weighted by Crippen LogP contribution is -2.62. The van der Waals surface area contributed by atoms with E-state index in [9.17, 15) is 14.7 Å². The second-order valence-corrected chi connectivity index (χ2v) is 11.1. The molecule has 1 aliphatic heterocycles. The Morgan fingerprint density at radius 2 is 2.00 bits per heavy atom. The molecule has 7 atom stereocenters. The second-order valence-electron chi connectivity index (χ2n) is 11.1. The molecular formula is C24H35N3O4. The Balaban J connectivity index is 1.39. The predicted molar refractivity (Wildman–Crippen MR) is 116 cm³/mol. The van der Waals surface area contributed by atoms with E-state index in [1.807, 2.05) is 0 Å². The first kappa shape index (κ1) is 21.0. The Labute approximate surface area is 183 Å². The molecule has 0 spiro atoms. The van der Waals surface area contributed by atoms with Crippen LogP contribution in [0, 0.1) is 34.5 Å². The van der Waals surface area contributed by atoms with Gasteiger partial charge >= 0.3 is 12.0 Å². The summed E-state index contributed by atoms with van der Waals surface area (Å²) in [6, 6.07) is -0.612. The number of hydrogen-bond acceptors (Lipinski definition) is 5. The standard InChI is InChI=1S/C24H35N3O4/c1-22-8-5-16(26-27-21(25)29)12-15(22)3-4-19-18(22)6-9-23(2)17(7-10-24(19,23)30)14-11-20(28)31-13-14/h11,15,17-19,30H,3-10,12-13H2,1-2H3,(H3,25,27,29)/b26-16+/t15-,17+,18-,19+,22-,23+,24+/m0/s1. The Kier molecular flexibility index (Phi) is 4.78. The van der Waals surface area contributed by atoms with Gasteiger partial charge in [0.15, 0.2) is 0 Å². The molecule has 4 aliphatic carbocycles. The largest absolute Gasteiger partial charge is 0.458 e. The van der Waals surface area contributed by atoms with Crippen molar-refractivity contribution in [2.24, 2.45) is 45.3 Å². The van der Waals surface area contributed by atoms with E-state index in [2.05, 4.69) is 24.4 Å². The number of hydrogen-bond donors (Lipinski definition) is 3. The van der Waals surface area contributed by atoms with Gasteiger partial charge in [0.1, 0.15) is 6.61 Å². The SMILES string of the molecule is C[C@]12CC/C(=N\NC(N)=O)C[C@@H]1CC[C@@H]1[C@@H]2CC[C@]2(C)[C@@H](C3=CC(=O)OC3)CC[C@@]12O. The number of esters is 1. The third-order valence-electron chi connectivity index (χ3n) is 10.1. The summed E-state index contributed by atoms with van der Waals surface area (Å²) in [5, 5.41) is 16.5. The lowest BCUT2D eigenvalue weighted by Gasteiger charge is -2.63. The number of aliphatic hydroxyl groups is 1. The normalized spacial score (nSPS) is 47.8. The molecule has 5 rings (SSSR count). The number of carbonyl (C=O) groups excluding carboxylic acids is 2. The highest BCUT2D eigenvalue weighted by Crippen LogP contribution is 2.69. The van der Waals surface area contributed by atoms with Gasteiger partial charge in [-0.3, -0.25) is 0 Å². The molecule has 0 aromatic heterocycles.